The van der Waals surface area contributed by atoms with E-state index >= 15 is 0 Å². The van der Waals surface area contributed by atoms with E-state index in [1.54, 1.807) is 25.3 Å². The zero-order chi connectivity index (χ0) is 17.6. The number of carbonyl (C=O) groups is 1. The number of hydrogen-bond donors (Lipinski definition) is 1. The summed E-state index contributed by atoms with van der Waals surface area (Å²) >= 11 is 0. The lowest BCUT2D eigenvalue weighted by Gasteiger charge is -2.23. The van der Waals surface area contributed by atoms with Gasteiger partial charge in [0.15, 0.2) is 5.65 Å². The second kappa shape index (κ2) is 5.84. The molecule has 0 radical (unpaired) electrons. The maximum atomic E-state index is 12.8. The number of aromatic nitrogens is 4. The Kier molecular flexibility index (Phi) is 3.63. The number of H-pyrrole nitrogens is 1. The van der Waals surface area contributed by atoms with Gasteiger partial charge < -0.3 is 4.90 Å². The molecule has 128 valence electrons. The molecular formula is C18H19N5O2. The van der Waals surface area contributed by atoms with Gasteiger partial charge in [-0.1, -0.05) is 6.07 Å². The smallest absolute Gasteiger partial charge is 0.275 e. The van der Waals surface area contributed by atoms with Crippen molar-refractivity contribution in [1.82, 2.24) is 24.5 Å². The van der Waals surface area contributed by atoms with Gasteiger partial charge in [-0.2, -0.15) is 0 Å². The summed E-state index contributed by atoms with van der Waals surface area (Å²) in [5, 5.41) is 3.14. The minimum Gasteiger partial charge on any atom is -0.329 e. The maximum Gasteiger partial charge on any atom is 0.275 e. The third-order valence-electron chi connectivity index (χ3n) is 4.86. The van der Waals surface area contributed by atoms with Crippen LogP contribution in [0.1, 0.15) is 46.3 Å². The van der Waals surface area contributed by atoms with Crippen LogP contribution in [0, 0.1) is 13.8 Å². The largest absolute Gasteiger partial charge is 0.329 e. The number of aryl methyl sites for hydroxylation is 1. The van der Waals surface area contributed by atoms with E-state index in [1.807, 2.05) is 24.0 Å². The average Bonchev–Trinajstić information content (AvgIpc) is 3.26. The highest BCUT2D eigenvalue weighted by Crippen LogP contribution is 2.32. The van der Waals surface area contributed by atoms with Crippen LogP contribution in [-0.2, 0) is 0 Å². The number of amides is 1. The molecule has 1 saturated heterocycles. The summed E-state index contributed by atoms with van der Waals surface area (Å²) in [5.41, 5.74) is 3.10. The van der Waals surface area contributed by atoms with Crippen LogP contribution in [0.3, 0.4) is 0 Å². The Morgan fingerprint density at radius 1 is 1.32 bits per heavy atom. The predicted octanol–water partition coefficient (Wildman–Crippen LogP) is 2.01. The molecule has 4 rings (SSSR count). The number of aromatic amines is 1. The van der Waals surface area contributed by atoms with Crippen molar-refractivity contribution in [2.24, 2.45) is 0 Å². The third kappa shape index (κ3) is 2.52. The van der Waals surface area contributed by atoms with Crippen molar-refractivity contribution >= 4 is 11.6 Å². The van der Waals surface area contributed by atoms with Crippen LogP contribution < -0.4 is 5.56 Å². The molecule has 4 heterocycles. The number of hydrogen-bond acceptors (Lipinski definition) is 4. The molecule has 1 amide bonds. The molecule has 3 aromatic rings. The van der Waals surface area contributed by atoms with Gasteiger partial charge in [0, 0.05) is 30.1 Å². The van der Waals surface area contributed by atoms with Gasteiger partial charge in [0.1, 0.15) is 5.69 Å². The van der Waals surface area contributed by atoms with Crippen LogP contribution in [0.4, 0.5) is 0 Å². The van der Waals surface area contributed by atoms with E-state index in [2.05, 4.69) is 15.1 Å². The lowest BCUT2D eigenvalue weighted by Crippen LogP contribution is -2.31. The van der Waals surface area contributed by atoms with Gasteiger partial charge in [0.25, 0.3) is 11.5 Å². The first-order valence-electron chi connectivity index (χ1n) is 8.37. The Morgan fingerprint density at radius 2 is 2.16 bits per heavy atom. The summed E-state index contributed by atoms with van der Waals surface area (Å²) in [6.07, 6.45) is 3.38. The molecule has 3 aromatic heterocycles. The molecule has 1 atom stereocenters. The highest BCUT2D eigenvalue weighted by atomic mass is 16.2. The highest BCUT2D eigenvalue weighted by Gasteiger charge is 2.32. The van der Waals surface area contributed by atoms with Gasteiger partial charge in [-0.25, -0.2) is 9.50 Å². The van der Waals surface area contributed by atoms with Crippen LogP contribution in [0.5, 0.6) is 0 Å². The molecule has 1 N–H and O–H groups in total. The fourth-order valence-electron chi connectivity index (χ4n) is 3.38. The summed E-state index contributed by atoms with van der Waals surface area (Å²) in [7, 11) is 0. The van der Waals surface area contributed by atoms with Crippen molar-refractivity contribution < 1.29 is 4.79 Å². The van der Waals surface area contributed by atoms with E-state index in [-0.39, 0.29) is 17.5 Å². The van der Waals surface area contributed by atoms with E-state index in [4.69, 9.17) is 0 Å². The van der Waals surface area contributed by atoms with Crippen molar-refractivity contribution in [1.29, 1.82) is 0 Å². The number of nitrogens with one attached hydrogen (secondary N) is 1. The lowest BCUT2D eigenvalue weighted by atomic mass is 10.1. The minimum atomic E-state index is -0.102. The van der Waals surface area contributed by atoms with Crippen LogP contribution in [0.15, 0.2) is 35.3 Å². The molecule has 0 saturated carbocycles. The molecule has 1 aliphatic heterocycles. The van der Waals surface area contributed by atoms with Crippen LogP contribution in [0.25, 0.3) is 5.65 Å². The lowest BCUT2D eigenvalue weighted by molar-refractivity contribution is 0.0726. The molecule has 25 heavy (non-hydrogen) atoms. The monoisotopic (exact) mass is 337 g/mol. The molecule has 1 unspecified atom stereocenters. The van der Waals surface area contributed by atoms with E-state index in [9.17, 15) is 9.59 Å². The number of fused-ring (bicyclic) bond motifs is 1. The van der Waals surface area contributed by atoms with Crippen molar-refractivity contribution in [3.8, 4) is 0 Å². The molecular weight excluding hydrogens is 318 g/mol. The zero-order valence-electron chi connectivity index (χ0n) is 14.2. The summed E-state index contributed by atoms with van der Waals surface area (Å²) in [6, 6.07) is 7.09. The fraction of sp³-hybridized carbons (Fsp3) is 0.333. The van der Waals surface area contributed by atoms with Crippen molar-refractivity contribution in [2.75, 3.05) is 6.54 Å². The topological polar surface area (TPSA) is 83.4 Å². The SMILES string of the molecule is Cc1nc2cc(C3CCCN3C(=O)c3ccccn3)[nH]n2c(=O)c1C. The third-order valence-corrected chi connectivity index (χ3v) is 4.86. The van der Waals surface area contributed by atoms with E-state index in [1.165, 1.54) is 4.52 Å². The minimum absolute atomic E-state index is 0.0885. The molecule has 0 bridgehead atoms. The average molecular weight is 337 g/mol. The first-order chi connectivity index (χ1) is 12.1. The molecule has 7 nitrogen and oxygen atoms in total. The molecule has 1 aliphatic rings. The van der Waals surface area contributed by atoms with Gasteiger partial charge in [-0.05, 0) is 38.8 Å². The number of nitrogens with zero attached hydrogens (tertiary/aromatic N) is 4. The number of carbonyl (C=O) groups excluding carboxylic acids is 1. The van der Waals surface area contributed by atoms with Crippen molar-refractivity contribution in [2.45, 2.75) is 32.7 Å². The molecule has 0 spiro atoms. The normalized spacial score (nSPS) is 17.4. The maximum absolute atomic E-state index is 12.8. The van der Waals surface area contributed by atoms with E-state index in [0.29, 0.717) is 23.4 Å². The predicted molar refractivity (Wildman–Crippen MR) is 92.5 cm³/mol. The highest BCUT2D eigenvalue weighted by molar-refractivity contribution is 5.92. The van der Waals surface area contributed by atoms with Crippen LogP contribution in [-0.4, -0.2) is 36.9 Å². The van der Waals surface area contributed by atoms with Crippen LogP contribution >= 0.6 is 0 Å². The fourth-order valence-corrected chi connectivity index (χ4v) is 3.38. The van der Waals surface area contributed by atoms with Crippen LogP contribution in [0.2, 0.25) is 0 Å². The number of likely N-dealkylation sites (tertiary alicyclic amines) is 1. The molecule has 0 aliphatic carbocycles. The Balaban J connectivity index is 1.73. The Morgan fingerprint density at radius 3 is 2.92 bits per heavy atom. The summed E-state index contributed by atoms with van der Waals surface area (Å²) in [6.45, 7) is 4.27. The molecule has 0 aromatic carbocycles. The zero-order valence-corrected chi connectivity index (χ0v) is 14.2. The number of rotatable bonds is 2. The van der Waals surface area contributed by atoms with Gasteiger partial charge in [-0.3, -0.25) is 19.7 Å². The molecule has 1 fully saturated rings. The second-order valence-corrected chi connectivity index (χ2v) is 6.40. The van der Waals surface area contributed by atoms with Gasteiger partial charge in [0.2, 0.25) is 0 Å². The van der Waals surface area contributed by atoms with Gasteiger partial charge >= 0.3 is 0 Å². The number of pyridine rings is 1. The molecule has 7 heteroatoms. The Hall–Kier alpha value is -2.96. The summed E-state index contributed by atoms with van der Waals surface area (Å²) < 4.78 is 1.46. The standard InChI is InChI=1S/C18H19N5O2/c1-11-12(2)20-16-10-14(21-23(16)17(11)24)15-7-5-9-22(15)18(25)13-6-3-4-8-19-13/h3-4,6,8,10,15,21H,5,7,9H2,1-2H3. The summed E-state index contributed by atoms with van der Waals surface area (Å²) in [4.78, 5) is 35.7. The quantitative estimate of drug-likeness (QED) is 0.775. The van der Waals surface area contributed by atoms with Crippen molar-refractivity contribution in [3.63, 3.8) is 0 Å². The first kappa shape index (κ1) is 15.6. The van der Waals surface area contributed by atoms with Crippen molar-refractivity contribution in [3.05, 3.63) is 63.5 Å². The van der Waals surface area contributed by atoms with E-state index < -0.39 is 0 Å². The van der Waals surface area contributed by atoms with Gasteiger partial charge in [-0.15, -0.1) is 0 Å². The Bertz CT molecular complexity index is 1010. The Labute approximate surface area is 144 Å². The van der Waals surface area contributed by atoms with Gasteiger partial charge in [0.05, 0.1) is 11.7 Å². The van der Waals surface area contributed by atoms with E-state index in [0.717, 1.165) is 24.2 Å². The summed E-state index contributed by atoms with van der Waals surface area (Å²) in [5.74, 6) is -0.0885. The first-order valence-corrected chi connectivity index (χ1v) is 8.37. The second-order valence-electron chi connectivity index (χ2n) is 6.40.